The van der Waals surface area contributed by atoms with Crippen molar-refractivity contribution < 1.29 is 0 Å². The molecular formula is C26H36N6O. The molecule has 33 heavy (non-hydrogen) atoms. The summed E-state index contributed by atoms with van der Waals surface area (Å²) in [6, 6.07) is 11.4. The Labute approximate surface area is 195 Å². The molecule has 1 aromatic carbocycles. The third-order valence-electron chi connectivity index (χ3n) is 7.02. The summed E-state index contributed by atoms with van der Waals surface area (Å²) in [7, 11) is 0. The summed E-state index contributed by atoms with van der Waals surface area (Å²) in [4.78, 5) is 23.2. The van der Waals surface area contributed by atoms with E-state index in [0.29, 0.717) is 24.3 Å². The average Bonchev–Trinajstić information content (AvgIpc) is 3.26. The number of nitrogens with zero attached hydrogens (tertiary/aromatic N) is 3. The maximum atomic E-state index is 13.4. The first-order chi connectivity index (χ1) is 15.9. The molecule has 1 fully saturated rings. The number of nitrogen functional groups attached to an aromatic ring is 1. The number of benzene rings is 1. The van der Waals surface area contributed by atoms with E-state index in [4.69, 9.17) is 11.1 Å². The van der Waals surface area contributed by atoms with Crippen molar-refractivity contribution in [2.45, 2.75) is 77.4 Å². The molecule has 7 heteroatoms. The second-order valence-electron chi connectivity index (χ2n) is 9.46. The van der Waals surface area contributed by atoms with Gasteiger partial charge in [0.15, 0.2) is 11.7 Å². The molecule has 2 atom stereocenters. The molecule has 1 aliphatic rings. The van der Waals surface area contributed by atoms with Crippen molar-refractivity contribution in [1.82, 2.24) is 19.4 Å². The number of unbranched alkanes of at least 4 members (excludes halogenated alkanes) is 2. The normalized spacial score (nSPS) is 19.2. The van der Waals surface area contributed by atoms with Crippen molar-refractivity contribution in [2.24, 2.45) is 5.73 Å². The Bertz CT molecular complexity index is 1150. The number of piperidine rings is 1. The van der Waals surface area contributed by atoms with Crippen molar-refractivity contribution in [1.29, 1.82) is 5.41 Å². The number of nitrogens with one attached hydrogen (secondary N) is 2. The number of fused-ring (bicyclic) bond motifs is 1. The third kappa shape index (κ3) is 5.36. The van der Waals surface area contributed by atoms with E-state index >= 15 is 0 Å². The predicted octanol–water partition coefficient (Wildman–Crippen LogP) is 4.03. The van der Waals surface area contributed by atoms with Crippen molar-refractivity contribution >= 4 is 16.7 Å². The highest BCUT2D eigenvalue weighted by molar-refractivity contribution is 5.91. The molecule has 4 rings (SSSR count). The molecule has 1 saturated heterocycles. The van der Waals surface area contributed by atoms with Crippen LogP contribution in [0.2, 0.25) is 0 Å². The van der Waals surface area contributed by atoms with Crippen LogP contribution in [0.3, 0.4) is 0 Å². The largest absolute Gasteiger partial charge is 0.381 e. The Kier molecular flexibility index (Phi) is 7.28. The molecule has 0 radical (unpaired) electrons. The van der Waals surface area contributed by atoms with Gasteiger partial charge in [0.05, 0.1) is 5.52 Å². The van der Waals surface area contributed by atoms with Crippen LogP contribution in [0.5, 0.6) is 0 Å². The van der Waals surface area contributed by atoms with Crippen LogP contribution in [-0.2, 0) is 13.0 Å². The number of para-hydroxylation sites is 1. The number of amidine groups is 1. The molecule has 7 nitrogen and oxygen atoms in total. The van der Waals surface area contributed by atoms with Gasteiger partial charge >= 0.3 is 0 Å². The minimum Gasteiger partial charge on any atom is -0.381 e. The number of likely N-dealkylation sites (tertiary alicyclic amines) is 1. The fraction of sp³-hybridized carbons (Fsp3) is 0.500. The number of rotatable bonds is 9. The van der Waals surface area contributed by atoms with Crippen molar-refractivity contribution in [3.05, 3.63) is 64.0 Å². The highest BCUT2D eigenvalue weighted by atomic mass is 16.1. The van der Waals surface area contributed by atoms with Crippen molar-refractivity contribution in [3.8, 4) is 0 Å². The van der Waals surface area contributed by atoms with Crippen LogP contribution in [0.4, 0.5) is 0 Å². The molecule has 0 amide bonds. The molecule has 2 unspecified atom stereocenters. The summed E-state index contributed by atoms with van der Waals surface area (Å²) in [5, 5.41) is 8.59. The zero-order valence-corrected chi connectivity index (χ0v) is 19.8. The molecular weight excluding hydrogens is 412 g/mol. The molecule has 0 bridgehead atoms. The predicted molar refractivity (Wildman–Crippen MR) is 134 cm³/mol. The van der Waals surface area contributed by atoms with Gasteiger partial charge in [-0.25, -0.2) is 4.98 Å². The van der Waals surface area contributed by atoms with Crippen LogP contribution in [0.25, 0.3) is 10.9 Å². The lowest BCUT2D eigenvalue weighted by atomic mass is 9.97. The number of hydrogen-bond acceptors (Lipinski definition) is 4. The fourth-order valence-electron chi connectivity index (χ4n) is 5.18. The topological polar surface area (TPSA) is 104 Å². The minimum absolute atomic E-state index is 0.0472. The number of pyridine rings is 1. The number of imidazole rings is 1. The molecule has 0 spiro atoms. The first-order valence-electron chi connectivity index (χ1n) is 12.2. The first-order valence-corrected chi connectivity index (χ1v) is 12.2. The summed E-state index contributed by atoms with van der Waals surface area (Å²) >= 11 is 0. The molecule has 4 N–H and O–H groups in total. The van der Waals surface area contributed by atoms with E-state index in [1.54, 1.807) is 6.20 Å². The number of H-pyrrole nitrogens is 1. The standard InChI is InChI=1S/C26H36N6O/c1-18-9-8-10-19(2)31(18)13-6-3-7-14-32-23-12-5-4-11-20(23)15-21(26(32)33)16-22-17-29-25(30-22)24(27)28/h4-5,11-12,15,17-19H,3,6-10,13-14,16H2,1-2H3,(H3,27,28)(H,29,30). The summed E-state index contributed by atoms with van der Waals surface area (Å²) in [6.45, 7) is 6.58. The molecule has 2 aromatic heterocycles. The van der Waals surface area contributed by atoms with E-state index in [-0.39, 0.29) is 11.4 Å². The molecule has 1 aliphatic heterocycles. The number of aromatic nitrogens is 3. The van der Waals surface area contributed by atoms with E-state index in [1.165, 1.54) is 25.7 Å². The van der Waals surface area contributed by atoms with Gasteiger partial charge in [0.25, 0.3) is 5.56 Å². The lowest BCUT2D eigenvalue weighted by Gasteiger charge is -2.39. The maximum absolute atomic E-state index is 13.4. The smallest absolute Gasteiger partial charge is 0.254 e. The van der Waals surface area contributed by atoms with Gasteiger partial charge in [-0.3, -0.25) is 15.1 Å². The Morgan fingerprint density at radius 2 is 1.88 bits per heavy atom. The third-order valence-corrected chi connectivity index (χ3v) is 7.02. The van der Waals surface area contributed by atoms with Gasteiger partial charge in [-0.1, -0.05) is 31.0 Å². The van der Waals surface area contributed by atoms with Crippen molar-refractivity contribution in [2.75, 3.05) is 6.54 Å². The Morgan fingerprint density at radius 1 is 1.15 bits per heavy atom. The van der Waals surface area contributed by atoms with Gasteiger partial charge in [-0.05, 0) is 63.6 Å². The molecule has 3 heterocycles. The number of aromatic amines is 1. The van der Waals surface area contributed by atoms with Gasteiger partial charge in [0, 0.05) is 42.5 Å². The average molecular weight is 449 g/mol. The molecule has 0 saturated carbocycles. The van der Waals surface area contributed by atoms with E-state index in [9.17, 15) is 4.79 Å². The minimum atomic E-state index is -0.106. The van der Waals surface area contributed by atoms with Crippen molar-refractivity contribution in [3.63, 3.8) is 0 Å². The van der Waals surface area contributed by atoms with Gasteiger partial charge in [0.2, 0.25) is 0 Å². The number of nitrogens with two attached hydrogens (primary N) is 1. The van der Waals surface area contributed by atoms with Crippen LogP contribution < -0.4 is 11.3 Å². The Balaban J connectivity index is 1.45. The second-order valence-corrected chi connectivity index (χ2v) is 9.46. The first kappa shape index (κ1) is 23.2. The van der Waals surface area contributed by atoms with Gasteiger partial charge in [-0.2, -0.15) is 0 Å². The molecule has 176 valence electrons. The number of hydrogen-bond donors (Lipinski definition) is 3. The maximum Gasteiger partial charge on any atom is 0.254 e. The lowest BCUT2D eigenvalue weighted by Crippen LogP contribution is -2.44. The van der Waals surface area contributed by atoms with E-state index < -0.39 is 0 Å². The highest BCUT2D eigenvalue weighted by Crippen LogP contribution is 2.23. The zero-order chi connectivity index (χ0) is 23.4. The van der Waals surface area contributed by atoms with Gasteiger partial charge in [0.1, 0.15) is 0 Å². The van der Waals surface area contributed by atoms with Crippen LogP contribution >= 0.6 is 0 Å². The fourth-order valence-corrected chi connectivity index (χ4v) is 5.18. The van der Waals surface area contributed by atoms with E-state index in [2.05, 4.69) is 34.8 Å². The highest BCUT2D eigenvalue weighted by Gasteiger charge is 2.23. The van der Waals surface area contributed by atoms with Gasteiger partial charge < -0.3 is 15.3 Å². The SMILES string of the molecule is CC1CCCC(C)N1CCCCCn1c(=O)c(Cc2cnc(C(=N)N)[nH]2)cc2ccccc21. The quantitative estimate of drug-likeness (QED) is 0.261. The van der Waals surface area contributed by atoms with Gasteiger partial charge in [-0.15, -0.1) is 0 Å². The lowest BCUT2D eigenvalue weighted by molar-refractivity contribution is 0.101. The Hall–Kier alpha value is -2.93. The van der Waals surface area contributed by atoms with Crippen LogP contribution in [0.1, 0.15) is 69.5 Å². The van der Waals surface area contributed by atoms with Crippen LogP contribution in [0.15, 0.2) is 41.3 Å². The zero-order valence-electron chi connectivity index (χ0n) is 19.8. The second kappa shape index (κ2) is 10.3. The van der Waals surface area contributed by atoms with Crippen LogP contribution in [0, 0.1) is 5.41 Å². The Morgan fingerprint density at radius 3 is 2.61 bits per heavy atom. The molecule has 0 aliphatic carbocycles. The van der Waals surface area contributed by atoms with Crippen LogP contribution in [-0.4, -0.2) is 43.9 Å². The monoisotopic (exact) mass is 448 g/mol. The summed E-state index contributed by atoms with van der Waals surface area (Å²) in [6.07, 6.45) is 9.33. The summed E-state index contributed by atoms with van der Waals surface area (Å²) in [5.41, 5.74) is 8.05. The van der Waals surface area contributed by atoms with E-state index in [0.717, 1.165) is 48.1 Å². The number of aryl methyl sites for hydroxylation is 1. The summed E-state index contributed by atoms with van der Waals surface area (Å²) < 4.78 is 1.93. The summed E-state index contributed by atoms with van der Waals surface area (Å²) in [5.74, 6) is 0.231. The molecule has 3 aromatic rings. The van der Waals surface area contributed by atoms with E-state index in [1.807, 2.05) is 28.8 Å².